The van der Waals surface area contributed by atoms with Gasteiger partial charge in [-0.3, -0.25) is 13.8 Å². The van der Waals surface area contributed by atoms with E-state index >= 15 is 0 Å². The largest absolute Gasteiger partial charge is 0.472 e. The molecule has 0 spiro atoms. The first-order valence-electron chi connectivity index (χ1n) is 26.8. The molecular weight excluding hydrogens is 860 g/mol. The summed E-state index contributed by atoms with van der Waals surface area (Å²) in [6.07, 6.45) is 40.6. The Balaban J connectivity index is 2.32. The van der Waals surface area contributed by atoms with E-state index in [0.717, 1.165) is 51.4 Å². The SMILES string of the molecule is CCCCC/C=C\C/C=C\CCCCCCCCCCCCOCC(COP(=O)(O)OC1C(O)C(O)C(O)C(O)C1O)OC(=O)CCCCCCCCCCC/C=C\CCCCCCCC. The summed E-state index contributed by atoms with van der Waals surface area (Å²) >= 11 is 0. The van der Waals surface area contributed by atoms with E-state index in [0.29, 0.717) is 13.0 Å². The van der Waals surface area contributed by atoms with Gasteiger partial charge < -0.3 is 39.9 Å². The molecule has 1 fully saturated rings. The lowest BCUT2D eigenvalue weighted by molar-refractivity contribution is -0.220. The molecular formula is C53H99O12P. The Kier molecular flexibility index (Phi) is 41.3. The van der Waals surface area contributed by atoms with E-state index in [1.807, 2.05) is 0 Å². The van der Waals surface area contributed by atoms with Crippen LogP contribution in [-0.4, -0.2) is 98.9 Å². The molecule has 6 unspecified atom stereocenters. The highest BCUT2D eigenvalue weighted by Crippen LogP contribution is 2.47. The minimum absolute atomic E-state index is 0.0779. The van der Waals surface area contributed by atoms with Crippen molar-refractivity contribution in [1.29, 1.82) is 0 Å². The fraction of sp³-hybridized carbons (Fsp3) is 0.868. The molecule has 1 aliphatic rings. The summed E-state index contributed by atoms with van der Waals surface area (Å²) in [5.74, 6) is -0.478. The molecule has 1 rings (SSSR count). The fourth-order valence-corrected chi connectivity index (χ4v) is 9.18. The summed E-state index contributed by atoms with van der Waals surface area (Å²) in [6.45, 7) is 4.26. The van der Waals surface area contributed by atoms with Gasteiger partial charge in [-0.05, 0) is 70.6 Å². The van der Waals surface area contributed by atoms with Gasteiger partial charge in [-0.15, -0.1) is 0 Å². The molecule has 0 aromatic heterocycles. The lowest BCUT2D eigenvalue weighted by Gasteiger charge is -2.41. The Bertz CT molecular complexity index is 1230. The van der Waals surface area contributed by atoms with Gasteiger partial charge in [0.25, 0.3) is 0 Å². The number of rotatable bonds is 46. The van der Waals surface area contributed by atoms with Crippen LogP contribution >= 0.6 is 7.82 Å². The first kappa shape index (κ1) is 62.6. The molecule has 13 heteroatoms. The summed E-state index contributed by atoms with van der Waals surface area (Å²) in [5.41, 5.74) is 0. The van der Waals surface area contributed by atoms with Crippen LogP contribution in [0.2, 0.25) is 0 Å². The van der Waals surface area contributed by atoms with Gasteiger partial charge in [0.2, 0.25) is 0 Å². The summed E-state index contributed by atoms with van der Waals surface area (Å²) in [7, 11) is -5.02. The molecule has 0 saturated heterocycles. The zero-order valence-corrected chi connectivity index (χ0v) is 42.6. The van der Waals surface area contributed by atoms with Crippen molar-refractivity contribution in [2.24, 2.45) is 0 Å². The Morgan fingerprint density at radius 1 is 0.485 bits per heavy atom. The zero-order valence-electron chi connectivity index (χ0n) is 41.7. The molecule has 1 saturated carbocycles. The molecule has 1 aliphatic carbocycles. The number of phosphoric acid groups is 1. The van der Waals surface area contributed by atoms with Crippen molar-refractivity contribution >= 4 is 13.8 Å². The summed E-state index contributed by atoms with van der Waals surface area (Å²) in [6, 6.07) is 0. The van der Waals surface area contributed by atoms with Crippen LogP contribution in [0.25, 0.3) is 0 Å². The number of hydrogen-bond donors (Lipinski definition) is 6. The summed E-state index contributed by atoms with van der Waals surface area (Å²) in [4.78, 5) is 23.3. The second-order valence-electron chi connectivity index (χ2n) is 18.7. The van der Waals surface area contributed by atoms with E-state index in [1.54, 1.807) is 0 Å². The Hall–Kier alpha value is -1.44. The third kappa shape index (κ3) is 34.8. The maximum Gasteiger partial charge on any atom is 0.472 e. The molecule has 0 amide bonds. The van der Waals surface area contributed by atoms with Crippen molar-refractivity contribution in [3.63, 3.8) is 0 Å². The average molecular weight is 959 g/mol. The van der Waals surface area contributed by atoms with E-state index in [1.165, 1.54) is 154 Å². The highest BCUT2D eigenvalue weighted by molar-refractivity contribution is 7.47. The summed E-state index contributed by atoms with van der Waals surface area (Å²) < 4.78 is 34.3. The number of aliphatic hydroxyl groups is 5. The van der Waals surface area contributed by atoms with E-state index < -0.39 is 63.1 Å². The third-order valence-electron chi connectivity index (χ3n) is 12.5. The molecule has 0 aromatic rings. The predicted molar refractivity (Wildman–Crippen MR) is 267 cm³/mol. The van der Waals surface area contributed by atoms with Gasteiger partial charge in [0.15, 0.2) is 0 Å². The molecule has 66 heavy (non-hydrogen) atoms. The topological polar surface area (TPSA) is 192 Å². The van der Waals surface area contributed by atoms with Crippen LogP contribution in [0, 0.1) is 0 Å². The second-order valence-corrected chi connectivity index (χ2v) is 20.1. The van der Waals surface area contributed by atoms with Gasteiger partial charge >= 0.3 is 13.8 Å². The van der Waals surface area contributed by atoms with Crippen molar-refractivity contribution in [2.45, 2.75) is 275 Å². The van der Waals surface area contributed by atoms with E-state index in [-0.39, 0.29) is 13.0 Å². The van der Waals surface area contributed by atoms with E-state index in [9.17, 15) is 39.8 Å². The molecule has 12 nitrogen and oxygen atoms in total. The van der Waals surface area contributed by atoms with Crippen LogP contribution < -0.4 is 0 Å². The van der Waals surface area contributed by atoms with Crippen LogP contribution in [-0.2, 0) is 27.9 Å². The van der Waals surface area contributed by atoms with E-state index in [4.69, 9.17) is 18.5 Å². The fourth-order valence-electron chi connectivity index (χ4n) is 8.21. The van der Waals surface area contributed by atoms with Crippen LogP contribution in [0.1, 0.15) is 232 Å². The maximum absolute atomic E-state index is 12.9. The van der Waals surface area contributed by atoms with Crippen molar-refractivity contribution in [2.75, 3.05) is 19.8 Å². The van der Waals surface area contributed by atoms with Gasteiger partial charge in [0, 0.05) is 13.0 Å². The summed E-state index contributed by atoms with van der Waals surface area (Å²) in [5, 5.41) is 50.3. The molecule has 6 atom stereocenters. The van der Waals surface area contributed by atoms with Gasteiger partial charge in [-0.2, -0.15) is 0 Å². The first-order chi connectivity index (χ1) is 32.0. The minimum Gasteiger partial charge on any atom is -0.457 e. The molecule has 0 aromatic carbocycles. The number of carbonyl (C=O) groups excluding carboxylic acids is 1. The monoisotopic (exact) mass is 959 g/mol. The quantitative estimate of drug-likeness (QED) is 0.0147. The standard InChI is InChI=1S/C53H99O12P/c1-3-5-7-9-11-13-15-17-19-21-23-25-27-29-31-33-35-37-39-41-43-62-44-46(45-63-66(60,61)65-53-51(58)49(56)48(55)50(57)52(53)59)64-47(54)42-40-38-36-34-32-30-28-26-24-22-20-18-16-14-12-10-8-6-4-2/h11,13,17-20,46,48-53,55-59H,3-10,12,14-16,21-45H2,1-2H3,(H,60,61)/b13-11-,19-17-,20-18-. The Morgan fingerprint density at radius 3 is 1.32 bits per heavy atom. The third-order valence-corrected chi connectivity index (χ3v) is 13.5. The molecule has 0 bridgehead atoms. The highest BCUT2D eigenvalue weighted by atomic mass is 31.2. The number of ether oxygens (including phenoxy) is 2. The number of unbranched alkanes of at least 4 members (excludes halogenated alkanes) is 28. The molecule has 388 valence electrons. The lowest BCUT2D eigenvalue weighted by Crippen LogP contribution is -2.64. The number of aliphatic hydroxyl groups excluding tert-OH is 5. The van der Waals surface area contributed by atoms with Crippen molar-refractivity contribution < 1.29 is 58.3 Å². The van der Waals surface area contributed by atoms with Crippen LogP contribution in [0.15, 0.2) is 36.5 Å². The number of phosphoric ester groups is 1. The first-order valence-corrected chi connectivity index (χ1v) is 28.3. The van der Waals surface area contributed by atoms with Gasteiger partial charge in [-0.25, -0.2) is 4.57 Å². The number of carbonyl (C=O) groups is 1. The maximum atomic E-state index is 12.9. The molecule has 0 aliphatic heterocycles. The second kappa shape index (κ2) is 43.6. The van der Waals surface area contributed by atoms with Gasteiger partial charge in [0.1, 0.15) is 42.7 Å². The zero-order chi connectivity index (χ0) is 48.4. The molecule has 0 heterocycles. The Labute approximate surface area is 402 Å². The smallest absolute Gasteiger partial charge is 0.457 e. The van der Waals surface area contributed by atoms with Gasteiger partial charge in [-0.1, -0.05) is 192 Å². The van der Waals surface area contributed by atoms with Crippen LogP contribution in [0.3, 0.4) is 0 Å². The number of esters is 1. The van der Waals surface area contributed by atoms with Crippen LogP contribution in [0.4, 0.5) is 0 Å². The Morgan fingerprint density at radius 2 is 0.848 bits per heavy atom. The molecule has 6 N–H and O–H groups in total. The van der Waals surface area contributed by atoms with Crippen LogP contribution in [0.5, 0.6) is 0 Å². The van der Waals surface area contributed by atoms with Gasteiger partial charge in [0.05, 0.1) is 13.2 Å². The molecule has 0 radical (unpaired) electrons. The van der Waals surface area contributed by atoms with Crippen molar-refractivity contribution in [3.8, 4) is 0 Å². The lowest BCUT2D eigenvalue weighted by atomic mass is 9.85. The minimum atomic E-state index is -5.02. The number of hydrogen-bond acceptors (Lipinski definition) is 11. The predicted octanol–water partition coefficient (Wildman–Crippen LogP) is 12.2. The average Bonchev–Trinajstić information content (AvgIpc) is 3.30. The highest BCUT2D eigenvalue weighted by Gasteiger charge is 2.51. The normalized spacial score (nSPS) is 21.6. The van der Waals surface area contributed by atoms with Crippen molar-refractivity contribution in [3.05, 3.63) is 36.5 Å². The number of allylic oxidation sites excluding steroid dienone is 6. The van der Waals surface area contributed by atoms with Crippen molar-refractivity contribution in [1.82, 2.24) is 0 Å². The van der Waals surface area contributed by atoms with E-state index in [2.05, 4.69) is 50.3 Å².